The number of esters is 1. The predicted molar refractivity (Wildman–Crippen MR) is 432 cm³/mol. The number of aryl methyl sites for hydroxylation is 2. The summed E-state index contributed by atoms with van der Waals surface area (Å²) < 4.78 is 56.8. The second-order valence-corrected chi connectivity index (χ2v) is 38.1. The van der Waals surface area contributed by atoms with Crippen molar-refractivity contribution in [1.29, 1.82) is 10.5 Å². The Hall–Kier alpha value is -3.11. The van der Waals surface area contributed by atoms with Gasteiger partial charge in [0, 0.05) is 35.0 Å². The summed E-state index contributed by atoms with van der Waals surface area (Å²) in [6.45, 7) is 53.0. The number of ether oxygens (including phenoxy) is 1. The van der Waals surface area contributed by atoms with Crippen LogP contribution in [0.3, 0.4) is 0 Å². The number of carboxylic acid groups (broad SMARTS) is 1. The first-order chi connectivity index (χ1) is 48.6. The molecule has 0 bridgehead atoms. The minimum Gasteiger partial charge on any atom is -0.512 e. The Morgan fingerprint density at radius 1 is 0.509 bits per heavy atom. The van der Waals surface area contributed by atoms with Crippen LogP contribution in [0, 0.1) is 167 Å². The normalized spacial score (nSPS) is 28.4. The molecule has 106 heavy (non-hydrogen) atoms. The summed E-state index contributed by atoms with van der Waals surface area (Å²) in [5.41, 5.74) is 2.05. The van der Waals surface area contributed by atoms with Crippen LogP contribution < -0.4 is 40.2 Å². The van der Waals surface area contributed by atoms with Crippen LogP contribution in [-0.4, -0.2) is 82.7 Å². The number of nitrogens with one attached hydrogen (secondary N) is 2. The Balaban J connectivity index is 0. The molecule has 6 aliphatic carbocycles. The molecule has 0 heterocycles. The number of aliphatic hydroxyl groups excluding tert-OH is 1. The van der Waals surface area contributed by atoms with E-state index < -0.39 is 25.1 Å². The summed E-state index contributed by atoms with van der Waals surface area (Å²) in [5, 5.41) is 39.7. The number of aliphatic carboxylic acids is 1. The van der Waals surface area contributed by atoms with E-state index in [0.717, 1.165) is 93.7 Å². The van der Waals surface area contributed by atoms with Gasteiger partial charge in [-0.3, -0.25) is 23.4 Å². The van der Waals surface area contributed by atoms with Crippen molar-refractivity contribution in [1.82, 2.24) is 10.6 Å². The van der Waals surface area contributed by atoms with E-state index in [2.05, 4.69) is 141 Å². The van der Waals surface area contributed by atoms with Crippen LogP contribution in [0.1, 0.15) is 265 Å². The Morgan fingerprint density at radius 2 is 0.840 bits per heavy atom. The molecule has 16 nitrogen and oxygen atoms in total. The molecule has 6 aliphatic rings. The van der Waals surface area contributed by atoms with Crippen LogP contribution in [0.25, 0.3) is 0 Å². The van der Waals surface area contributed by atoms with Gasteiger partial charge in [0.15, 0.2) is 0 Å². The van der Waals surface area contributed by atoms with Gasteiger partial charge in [-0.25, -0.2) is 8.42 Å². The number of nitrogens with zero attached hydrogens (tertiary/aromatic N) is 2. The molecular formula is C85H145BrClN4NaO12S2. The van der Waals surface area contributed by atoms with E-state index in [9.17, 15) is 41.1 Å². The molecule has 604 valence electrons. The molecule has 6 saturated carbocycles. The molecule has 21 heteroatoms. The molecule has 18 atom stereocenters. The first-order valence-corrected chi connectivity index (χ1v) is 43.6. The van der Waals surface area contributed by atoms with E-state index in [-0.39, 0.29) is 111 Å². The second kappa shape index (κ2) is 53.8. The topological polar surface area (TPSA) is 267 Å². The number of amides is 2. The Labute approximate surface area is 683 Å². The molecule has 0 spiro atoms. The minimum absolute atomic E-state index is 0. The van der Waals surface area contributed by atoms with E-state index in [4.69, 9.17) is 41.8 Å². The van der Waals surface area contributed by atoms with Crippen LogP contribution in [-0.2, 0) is 47.3 Å². The van der Waals surface area contributed by atoms with Crippen molar-refractivity contribution in [2.75, 3.05) is 19.7 Å². The molecule has 6 fully saturated rings. The van der Waals surface area contributed by atoms with Crippen molar-refractivity contribution in [3.05, 3.63) is 66.2 Å². The van der Waals surface area contributed by atoms with Crippen molar-refractivity contribution in [2.24, 2.45) is 130 Å². The zero-order valence-corrected chi connectivity index (χ0v) is 75.9. The number of hydrogen-bond donors (Lipinski definition) is 4. The monoisotopic (exact) mass is 1610 g/mol. The molecule has 2 amide bonds. The van der Waals surface area contributed by atoms with Crippen molar-refractivity contribution in [3.63, 3.8) is 0 Å². The number of carbonyl (C=O) groups is 4. The maximum Gasteiger partial charge on any atom is 1.00 e. The second-order valence-electron chi connectivity index (χ2n) is 34.0. The van der Waals surface area contributed by atoms with Crippen LogP contribution in [0.2, 0.25) is 0 Å². The standard InChI is InChI=1S/C17H26O3S.C15H27NO3.C13H25NO.C11H19N.C11H20O2.C10H20O.C7H7ClO2S.CN.BrH.Na/c1-12(2)16-10-7-14(4)11-17(16)20-21(18,19)15-8-5-13(3)6-9-15;1-5-19-14(17)9-16-15(18)13-8-11(4)6-7-12(13)10(2)3;1-5-14-13(15)12-8-10(4)6-7-11(12)9(2)3;1-8(2)11-5-4-9(3)6-10(11)7-12;1-7(2)9-5-4-8(3)6-10(9)11(12)13;1-7(2)9-5-4-8(3)6-10(9)11;1-6-2-4-7(5-3-6)11(8,9)10;1-2;;/h5-6,8-9,12,14,16-17H,7,10-11H2,1-4H3;10-13H,5-9H2,1-4H3,(H,16,18);9-12H,5-8H2,1-4H3,(H,14,15);8-11H,4-6H2,1-3H3;7-10H,4-6H2,1-3H3,(H,12,13);7-11H,4-6H2,1-3H3;2-5H,1H3;;1H;/q;;;;;;;-1;;+1/t14-,16+,17-;11-,12+,13+;10-,11+,12+;9-,10-,11+;8-,9+,10+;8-,9+,10-;;;;/m111111..../s1. The maximum absolute atomic E-state index is 12.5. The Kier molecular flexibility index (Phi) is 53.2. The number of aliphatic hydroxyl groups is 1. The van der Waals surface area contributed by atoms with Gasteiger partial charge in [-0.15, -0.1) is 17.0 Å². The largest absolute Gasteiger partial charge is 1.00 e. The quantitative estimate of drug-likeness (QED) is 0.0377. The summed E-state index contributed by atoms with van der Waals surface area (Å²) in [5.74, 6) is 10.2. The number of benzene rings is 2. The average Bonchev–Trinajstić information content (AvgIpc) is 0.794. The van der Waals surface area contributed by atoms with Gasteiger partial charge < -0.3 is 37.4 Å². The number of carbonyl (C=O) groups excluding carboxylic acids is 3. The fraction of sp³-hybridized carbons (Fsp3) is 0.788. The molecule has 0 aliphatic heterocycles. The zero-order chi connectivity index (χ0) is 79.5. The van der Waals surface area contributed by atoms with Gasteiger partial charge in [0.2, 0.25) is 11.8 Å². The van der Waals surface area contributed by atoms with E-state index in [0.29, 0.717) is 107 Å². The van der Waals surface area contributed by atoms with Gasteiger partial charge in [0.1, 0.15) is 6.54 Å². The van der Waals surface area contributed by atoms with Crippen molar-refractivity contribution in [2.45, 2.75) is 290 Å². The zero-order valence-electron chi connectivity index (χ0n) is 69.8. The van der Waals surface area contributed by atoms with Crippen LogP contribution >= 0.6 is 27.7 Å². The number of carboxylic acids is 1. The number of nitriles is 1. The predicted octanol–water partition coefficient (Wildman–Crippen LogP) is 17.4. The van der Waals surface area contributed by atoms with E-state index in [1.165, 1.54) is 63.5 Å². The molecule has 4 N–H and O–H groups in total. The summed E-state index contributed by atoms with van der Waals surface area (Å²) in [6.07, 6.45) is 20.1. The molecule has 0 aromatic heterocycles. The average molecular weight is 1620 g/mol. The third-order valence-corrected chi connectivity index (χ3v) is 25.8. The Bertz CT molecular complexity index is 3080. The smallest absolute Gasteiger partial charge is 0.512 e. The van der Waals surface area contributed by atoms with Crippen LogP contribution in [0.15, 0.2) is 58.3 Å². The van der Waals surface area contributed by atoms with E-state index >= 15 is 0 Å². The number of hydrogen-bond acceptors (Lipinski definition) is 13. The van der Waals surface area contributed by atoms with Crippen molar-refractivity contribution >= 4 is 70.6 Å². The number of halogens is 2. The summed E-state index contributed by atoms with van der Waals surface area (Å²) >= 11 is 0. The SMILES string of the molecule is Br.CC(C)[C@@H]1CC[C@@H](C)C[C@@H]1C#N.CC(C)[C@@H]1CC[C@@H](C)C[C@@H]1C(=O)O.CC(C)[C@@H]1CC[C@@H](C)C[C@H]1O.CCNC(=O)[C@H]1C[C@H](C)CC[C@H]1C(C)C.CCOC(=O)CNC(=O)[C@H]1C[C@H](C)CC[C@H]1C(C)C.Cc1ccc(S(=O)(=O)Cl)cc1.Cc1ccc(S(=O)(=O)O[C@@H]2C[C@H](C)CC[C@H]2C(C)C)cc1.[C-]#N.[Na+]. The number of rotatable bonds is 17. The van der Waals surface area contributed by atoms with Crippen LogP contribution in [0.4, 0.5) is 0 Å². The molecule has 2 aromatic rings. The van der Waals surface area contributed by atoms with Crippen LogP contribution in [0.5, 0.6) is 0 Å². The van der Waals surface area contributed by atoms with E-state index in [1.807, 2.05) is 20.8 Å². The third-order valence-electron chi connectivity index (χ3n) is 23.1. The molecular weight excluding hydrogens is 1470 g/mol. The van der Waals surface area contributed by atoms with Gasteiger partial charge in [-0.2, -0.15) is 13.7 Å². The van der Waals surface area contributed by atoms with Crippen molar-refractivity contribution in [3.8, 4) is 6.07 Å². The third kappa shape index (κ3) is 38.9. The summed E-state index contributed by atoms with van der Waals surface area (Å²) in [7, 11) is -2.13. The molecule has 0 radical (unpaired) electrons. The molecule has 0 unspecified atom stereocenters. The van der Waals surface area contributed by atoms with Gasteiger partial charge in [-0.05, 0) is 236 Å². The first kappa shape index (κ1) is 105. The fourth-order valence-corrected chi connectivity index (χ4v) is 18.6. The van der Waals surface area contributed by atoms with Crippen molar-refractivity contribution < 1.29 is 84.7 Å². The van der Waals surface area contributed by atoms with Gasteiger partial charge >= 0.3 is 41.5 Å². The van der Waals surface area contributed by atoms with Gasteiger partial charge in [0.05, 0.1) is 40.6 Å². The fourth-order valence-electron chi connectivity index (χ4n) is 16.7. The minimum atomic E-state index is -3.67. The summed E-state index contributed by atoms with van der Waals surface area (Å²) in [4.78, 5) is 46.9. The van der Waals surface area contributed by atoms with Gasteiger partial charge in [0.25, 0.3) is 19.2 Å². The maximum atomic E-state index is 12.5. The first-order valence-electron chi connectivity index (χ1n) is 39.8. The molecule has 8 rings (SSSR count). The van der Waals surface area contributed by atoms with E-state index in [1.54, 1.807) is 43.3 Å². The summed E-state index contributed by atoms with van der Waals surface area (Å²) in [6, 6.07) is 15.7. The Morgan fingerprint density at radius 3 is 1.20 bits per heavy atom. The van der Waals surface area contributed by atoms with Gasteiger partial charge in [-0.1, -0.05) is 199 Å². The molecule has 2 aromatic carbocycles. The molecule has 0 saturated heterocycles.